The first kappa shape index (κ1) is 17.6. The van der Waals surface area contributed by atoms with E-state index in [1.807, 2.05) is 6.92 Å². The monoisotopic (exact) mass is 355 g/mol. The van der Waals surface area contributed by atoms with Crippen LogP contribution in [0.5, 0.6) is 0 Å². The first-order valence-electron chi connectivity index (χ1n) is 8.15. The Morgan fingerprint density at radius 1 is 1.32 bits per heavy atom. The molecule has 9 heteroatoms. The second-order valence-electron chi connectivity index (χ2n) is 6.67. The molecule has 2 aromatic heterocycles. The Morgan fingerprint density at radius 3 is 2.52 bits per heavy atom. The van der Waals surface area contributed by atoms with Crippen LogP contribution < -0.4 is 0 Å². The van der Waals surface area contributed by atoms with Crippen LogP contribution in [0, 0.1) is 19.8 Å². The molecule has 1 atom stereocenters. The number of nitrogens with zero attached hydrogens (tertiary/aromatic N) is 5. The van der Waals surface area contributed by atoms with Gasteiger partial charge in [0.25, 0.3) is 11.6 Å². The molecule has 0 saturated heterocycles. The SMILES string of the molecule is Cc1nc2nc(C(F)(F)F)nn2c(C)c1CC(=O)N(C)C(C)C1CC1. The highest BCUT2D eigenvalue weighted by Gasteiger charge is 2.37. The molecule has 6 nitrogen and oxygen atoms in total. The zero-order chi connectivity index (χ0) is 18.5. The molecule has 1 saturated carbocycles. The summed E-state index contributed by atoms with van der Waals surface area (Å²) in [5.74, 6) is -0.881. The minimum atomic E-state index is -4.63. The number of aromatic nitrogens is 4. The van der Waals surface area contributed by atoms with Crippen molar-refractivity contribution in [3.63, 3.8) is 0 Å². The number of carbonyl (C=O) groups excluding carboxylic acids is 1. The van der Waals surface area contributed by atoms with Gasteiger partial charge in [0, 0.05) is 30.0 Å². The van der Waals surface area contributed by atoms with Gasteiger partial charge in [-0.3, -0.25) is 4.79 Å². The summed E-state index contributed by atoms with van der Waals surface area (Å²) in [6, 6.07) is 0.160. The molecule has 0 aliphatic heterocycles. The normalized spacial score (nSPS) is 16.3. The standard InChI is InChI=1S/C16H20F3N5O/c1-8-12(7-13(25)23(4)9(2)11-5-6-11)10(3)24-15(20-8)21-14(22-24)16(17,18)19/h9,11H,5-7H2,1-4H3. The predicted octanol–water partition coefficient (Wildman–Crippen LogP) is 2.56. The van der Waals surface area contributed by atoms with E-state index in [9.17, 15) is 18.0 Å². The Kier molecular flexibility index (Phi) is 4.20. The van der Waals surface area contributed by atoms with Crippen LogP contribution in [0.1, 0.15) is 42.5 Å². The molecule has 0 N–H and O–H groups in total. The molecule has 25 heavy (non-hydrogen) atoms. The third-order valence-electron chi connectivity index (χ3n) is 4.94. The number of alkyl halides is 3. The second kappa shape index (κ2) is 5.96. The summed E-state index contributed by atoms with van der Waals surface area (Å²) < 4.78 is 39.5. The lowest BCUT2D eigenvalue weighted by atomic mass is 10.1. The van der Waals surface area contributed by atoms with Crippen LogP contribution in [-0.2, 0) is 17.4 Å². The van der Waals surface area contributed by atoms with Gasteiger partial charge >= 0.3 is 6.18 Å². The van der Waals surface area contributed by atoms with Crippen LogP contribution >= 0.6 is 0 Å². The van der Waals surface area contributed by atoms with Crippen molar-refractivity contribution in [2.45, 2.75) is 52.3 Å². The predicted molar refractivity (Wildman–Crippen MR) is 83.9 cm³/mol. The van der Waals surface area contributed by atoms with Gasteiger partial charge in [-0.1, -0.05) is 0 Å². The molecule has 0 bridgehead atoms. The topological polar surface area (TPSA) is 63.4 Å². The van der Waals surface area contributed by atoms with Crippen molar-refractivity contribution in [1.82, 2.24) is 24.5 Å². The van der Waals surface area contributed by atoms with Crippen LogP contribution in [0.4, 0.5) is 13.2 Å². The molecule has 1 aliphatic carbocycles. The van der Waals surface area contributed by atoms with Crippen LogP contribution in [0.15, 0.2) is 0 Å². The van der Waals surface area contributed by atoms with Gasteiger partial charge in [0.15, 0.2) is 0 Å². The summed E-state index contributed by atoms with van der Waals surface area (Å²) in [5, 5.41) is 3.50. The molecular formula is C16H20F3N5O. The van der Waals surface area contributed by atoms with E-state index in [-0.39, 0.29) is 24.1 Å². The van der Waals surface area contributed by atoms with E-state index in [0.29, 0.717) is 22.9 Å². The third kappa shape index (κ3) is 3.32. The Morgan fingerprint density at radius 2 is 1.96 bits per heavy atom. The fraction of sp³-hybridized carbons (Fsp3) is 0.625. The summed E-state index contributed by atoms with van der Waals surface area (Å²) in [7, 11) is 1.76. The van der Waals surface area contributed by atoms with Gasteiger partial charge in [-0.05, 0) is 39.5 Å². The van der Waals surface area contributed by atoms with Gasteiger partial charge in [-0.25, -0.2) is 9.50 Å². The van der Waals surface area contributed by atoms with Gasteiger partial charge in [-0.2, -0.15) is 18.2 Å². The van der Waals surface area contributed by atoms with Crippen molar-refractivity contribution in [1.29, 1.82) is 0 Å². The third-order valence-corrected chi connectivity index (χ3v) is 4.94. The number of amides is 1. The van der Waals surface area contributed by atoms with Crippen molar-refractivity contribution in [2.75, 3.05) is 7.05 Å². The average Bonchev–Trinajstić information content (AvgIpc) is 3.28. The maximum atomic E-state index is 12.8. The lowest BCUT2D eigenvalue weighted by Crippen LogP contribution is -2.37. The van der Waals surface area contributed by atoms with Crippen LogP contribution in [0.3, 0.4) is 0 Å². The molecule has 3 rings (SSSR count). The zero-order valence-corrected chi connectivity index (χ0v) is 14.6. The maximum Gasteiger partial charge on any atom is 0.453 e. The van der Waals surface area contributed by atoms with Gasteiger partial charge in [0.2, 0.25) is 5.91 Å². The first-order valence-corrected chi connectivity index (χ1v) is 8.15. The number of hydrogen-bond donors (Lipinski definition) is 0. The van der Waals surface area contributed by atoms with E-state index in [0.717, 1.165) is 17.4 Å². The minimum absolute atomic E-state index is 0.0787. The van der Waals surface area contributed by atoms with E-state index in [4.69, 9.17) is 0 Å². The van der Waals surface area contributed by atoms with Crippen molar-refractivity contribution in [3.05, 3.63) is 22.8 Å². The summed E-state index contributed by atoms with van der Waals surface area (Å²) in [5.41, 5.74) is 1.53. The Labute approximate surface area is 143 Å². The molecule has 136 valence electrons. The highest BCUT2D eigenvalue weighted by atomic mass is 19.4. The van der Waals surface area contributed by atoms with E-state index in [1.165, 1.54) is 0 Å². The second-order valence-corrected chi connectivity index (χ2v) is 6.67. The van der Waals surface area contributed by atoms with Crippen LogP contribution in [0.2, 0.25) is 0 Å². The van der Waals surface area contributed by atoms with Crippen molar-refractivity contribution in [3.8, 4) is 0 Å². The number of fused-ring (bicyclic) bond motifs is 1. The van der Waals surface area contributed by atoms with Gasteiger partial charge in [0.1, 0.15) is 0 Å². The molecule has 0 aromatic carbocycles. The van der Waals surface area contributed by atoms with E-state index in [2.05, 4.69) is 15.1 Å². The fourth-order valence-electron chi connectivity index (χ4n) is 2.98. The summed E-state index contributed by atoms with van der Waals surface area (Å²) in [6.07, 6.45) is -2.30. The average molecular weight is 355 g/mol. The molecule has 0 radical (unpaired) electrons. The Bertz CT molecular complexity index is 825. The molecule has 1 fully saturated rings. The van der Waals surface area contributed by atoms with Crippen molar-refractivity contribution >= 4 is 11.7 Å². The van der Waals surface area contributed by atoms with Gasteiger partial charge in [0.05, 0.1) is 6.42 Å². The fourth-order valence-corrected chi connectivity index (χ4v) is 2.98. The quantitative estimate of drug-likeness (QED) is 0.846. The summed E-state index contributed by atoms with van der Waals surface area (Å²) >= 11 is 0. The molecular weight excluding hydrogens is 335 g/mol. The zero-order valence-electron chi connectivity index (χ0n) is 14.6. The number of halogens is 3. The van der Waals surface area contributed by atoms with E-state index >= 15 is 0 Å². The first-order chi connectivity index (χ1) is 11.6. The largest absolute Gasteiger partial charge is 0.453 e. The van der Waals surface area contributed by atoms with E-state index < -0.39 is 12.0 Å². The molecule has 0 spiro atoms. The van der Waals surface area contributed by atoms with Crippen molar-refractivity contribution < 1.29 is 18.0 Å². The van der Waals surface area contributed by atoms with E-state index in [1.54, 1.807) is 25.8 Å². The number of carbonyl (C=O) groups is 1. The lowest BCUT2D eigenvalue weighted by Gasteiger charge is -2.25. The number of rotatable bonds is 4. The molecule has 2 aromatic rings. The van der Waals surface area contributed by atoms with Crippen molar-refractivity contribution in [2.24, 2.45) is 5.92 Å². The lowest BCUT2D eigenvalue weighted by molar-refractivity contribution is -0.144. The van der Waals surface area contributed by atoms with Gasteiger partial charge < -0.3 is 4.90 Å². The highest BCUT2D eigenvalue weighted by molar-refractivity contribution is 5.79. The summed E-state index contributed by atoms with van der Waals surface area (Å²) in [6.45, 7) is 5.31. The highest BCUT2D eigenvalue weighted by Crippen LogP contribution is 2.35. The minimum Gasteiger partial charge on any atom is -0.342 e. The smallest absolute Gasteiger partial charge is 0.342 e. The molecule has 1 unspecified atom stereocenters. The van der Waals surface area contributed by atoms with Crippen LogP contribution in [-0.4, -0.2) is 43.5 Å². The molecule has 1 amide bonds. The van der Waals surface area contributed by atoms with Gasteiger partial charge in [-0.15, -0.1) is 5.10 Å². The van der Waals surface area contributed by atoms with Crippen LogP contribution in [0.25, 0.3) is 5.78 Å². The molecule has 2 heterocycles. The number of hydrogen-bond acceptors (Lipinski definition) is 4. The maximum absolute atomic E-state index is 12.8. The molecule has 1 aliphatic rings. The number of likely N-dealkylation sites (N-methyl/N-ethyl adjacent to an activating group) is 1. The summed E-state index contributed by atoms with van der Waals surface area (Å²) in [4.78, 5) is 21.8. The Balaban J connectivity index is 1.91. The number of aryl methyl sites for hydroxylation is 2. The Hall–Kier alpha value is -2.19.